The summed E-state index contributed by atoms with van der Waals surface area (Å²) >= 11 is 0. The van der Waals surface area contributed by atoms with E-state index in [1.54, 1.807) is 35.2 Å². The number of carbonyl (C=O) groups is 2. The van der Waals surface area contributed by atoms with Crippen LogP contribution in [0, 0.1) is 16.7 Å². The summed E-state index contributed by atoms with van der Waals surface area (Å²) in [4.78, 5) is 37.5. The van der Waals surface area contributed by atoms with Crippen LogP contribution in [-0.2, 0) is 4.79 Å². The highest BCUT2D eigenvalue weighted by atomic mass is 16.5. The highest BCUT2D eigenvalue weighted by Crippen LogP contribution is 2.25. The lowest BCUT2D eigenvalue weighted by Crippen LogP contribution is -2.61. The van der Waals surface area contributed by atoms with Gasteiger partial charge in [-0.3, -0.25) is 9.59 Å². The number of nitrogens with one attached hydrogen (secondary N) is 1. The van der Waals surface area contributed by atoms with Crippen LogP contribution in [0.5, 0.6) is 0 Å². The van der Waals surface area contributed by atoms with E-state index in [2.05, 4.69) is 36.4 Å². The average Bonchev–Trinajstić information content (AvgIpc) is 3.19. The lowest BCUT2D eigenvalue weighted by Gasteiger charge is -2.38. The largest absolute Gasteiger partial charge is 0.355 e. The molecule has 8 heteroatoms. The van der Waals surface area contributed by atoms with Crippen LogP contribution in [0.1, 0.15) is 58.5 Å². The van der Waals surface area contributed by atoms with Crippen LogP contribution in [0.3, 0.4) is 0 Å². The lowest BCUT2D eigenvalue weighted by molar-refractivity contribution is -0.129. The van der Waals surface area contributed by atoms with Gasteiger partial charge >= 0.3 is 0 Å². The number of nitrogens with zero attached hydrogens (tertiary/aromatic N) is 3. The minimum Gasteiger partial charge on any atom is -0.355 e. The molecule has 2 amide bonds. The maximum absolute atomic E-state index is 13.0. The van der Waals surface area contributed by atoms with Crippen LogP contribution < -0.4 is 5.32 Å². The third-order valence-electron chi connectivity index (χ3n) is 4.48. The maximum atomic E-state index is 13.0. The fourth-order valence-electron chi connectivity index (χ4n) is 3.20. The lowest BCUT2D eigenvalue weighted by atomic mass is 9.98. The number of hydrogen-bond acceptors (Lipinski definition) is 6. The van der Waals surface area contributed by atoms with Gasteiger partial charge in [0, 0.05) is 24.2 Å². The molecule has 0 spiro atoms. The molecule has 2 aromatic rings. The monoisotopic (exact) mass is 428 g/mol. The van der Waals surface area contributed by atoms with E-state index in [4.69, 9.17) is 4.52 Å². The Hall–Kier alpha value is -3.03. The van der Waals surface area contributed by atoms with E-state index in [0.29, 0.717) is 30.0 Å². The minimum absolute atomic E-state index is 0.125. The average molecular weight is 429 g/mol. The van der Waals surface area contributed by atoms with Crippen molar-refractivity contribution in [2.24, 2.45) is 17.0 Å². The van der Waals surface area contributed by atoms with Crippen molar-refractivity contribution >= 4 is 17.5 Å². The van der Waals surface area contributed by atoms with Crippen molar-refractivity contribution in [2.45, 2.75) is 60.0 Å². The van der Waals surface area contributed by atoms with Gasteiger partial charge in [-0.1, -0.05) is 39.8 Å². The molecule has 0 aliphatic carbocycles. The van der Waals surface area contributed by atoms with E-state index >= 15 is 0 Å². The molecule has 0 radical (unpaired) electrons. The summed E-state index contributed by atoms with van der Waals surface area (Å²) in [6.07, 6.45) is 0.579. The molecular formula is C23H32N4O4. The SMILES string of the molecule is CC(C)C.CC(C)CC1C(=O)NC(C)CN1C(=O)c1cc(-c2ccc(N=O)cc2)on1. The smallest absolute Gasteiger partial charge is 0.276 e. The van der Waals surface area contributed by atoms with Crippen LogP contribution in [0.2, 0.25) is 0 Å². The summed E-state index contributed by atoms with van der Waals surface area (Å²) in [7, 11) is 0. The second-order valence-corrected chi connectivity index (χ2v) is 8.96. The zero-order valence-electron chi connectivity index (χ0n) is 19.1. The Morgan fingerprint density at radius 1 is 1.23 bits per heavy atom. The number of hydrogen-bond donors (Lipinski definition) is 1. The van der Waals surface area contributed by atoms with E-state index in [1.165, 1.54) is 0 Å². The maximum Gasteiger partial charge on any atom is 0.276 e. The first-order chi connectivity index (χ1) is 14.6. The van der Waals surface area contributed by atoms with E-state index in [-0.39, 0.29) is 29.5 Å². The van der Waals surface area contributed by atoms with Crippen molar-refractivity contribution in [2.75, 3.05) is 6.54 Å². The van der Waals surface area contributed by atoms with Gasteiger partial charge in [-0.2, -0.15) is 0 Å². The van der Waals surface area contributed by atoms with Crippen molar-refractivity contribution in [3.8, 4) is 11.3 Å². The Labute approximate surface area is 183 Å². The highest BCUT2D eigenvalue weighted by molar-refractivity contribution is 5.97. The normalized spacial score (nSPS) is 18.5. The van der Waals surface area contributed by atoms with Gasteiger partial charge in [0.2, 0.25) is 5.91 Å². The van der Waals surface area contributed by atoms with Gasteiger partial charge in [-0.05, 0) is 54.6 Å². The summed E-state index contributed by atoms with van der Waals surface area (Å²) < 4.78 is 5.30. The van der Waals surface area contributed by atoms with Gasteiger partial charge in [0.05, 0.1) is 0 Å². The number of carbonyl (C=O) groups excluding carboxylic acids is 2. The van der Waals surface area contributed by atoms with Gasteiger partial charge in [0.25, 0.3) is 5.91 Å². The molecule has 1 N–H and O–H groups in total. The predicted molar refractivity (Wildman–Crippen MR) is 120 cm³/mol. The number of amides is 2. The van der Waals surface area contributed by atoms with E-state index in [9.17, 15) is 14.5 Å². The Morgan fingerprint density at radius 3 is 2.39 bits per heavy atom. The zero-order valence-corrected chi connectivity index (χ0v) is 19.1. The molecule has 8 nitrogen and oxygen atoms in total. The summed E-state index contributed by atoms with van der Waals surface area (Å²) in [6.45, 7) is 12.8. The van der Waals surface area contributed by atoms with Crippen LogP contribution in [-0.4, -0.2) is 40.5 Å². The molecule has 1 aromatic heterocycles. The molecule has 2 heterocycles. The molecule has 1 fully saturated rings. The summed E-state index contributed by atoms with van der Waals surface area (Å²) in [6, 6.07) is 7.36. The van der Waals surface area contributed by atoms with Crippen LogP contribution >= 0.6 is 0 Å². The highest BCUT2D eigenvalue weighted by Gasteiger charge is 2.37. The molecular weight excluding hydrogens is 396 g/mol. The molecule has 2 atom stereocenters. The van der Waals surface area contributed by atoms with E-state index in [0.717, 1.165) is 5.92 Å². The first-order valence-electron chi connectivity index (χ1n) is 10.6. The third kappa shape index (κ3) is 6.73. The Balaban J connectivity index is 0.000000785. The Bertz CT molecular complexity index is 886. The quantitative estimate of drug-likeness (QED) is 0.690. The number of piperazine rings is 1. The molecule has 2 unspecified atom stereocenters. The van der Waals surface area contributed by atoms with Crippen molar-refractivity contribution < 1.29 is 14.1 Å². The van der Waals surface area contributed by atoms with Crippen LogP contribution in [0.15, 0.2) is 40.0 Å². The first kappa shape index (κ1) is 24.2. The molecule has 1 aliphatic heterocycles. The van der Waals surface area contributed by atoms with E-state index in [1.807, 2.05) is 20.8 Å². The van der Waals surface area contributed by atoms with Gasteiger partial charge in [-0.25, -0.2) is 0 Å². The fraction of sp³-hybridized carbons (Fsp3) is 0.522. The second-order valence-electron chi connectivity index (χ2n) is 8.96. The standard InChI is InChI=1S/C19H22N4O4.C4H10/c1-11(2)8-16-18(24)20-12(3)10-23(16)19(25)15-9-17(27-22-15)13-4-6-14(21-26)7-5-13;1-4(2)3/h4-7,9,11-12,16H,8,10H2,1-3H3,(H,20,24);4H,1-3H3. The van der Waals surface area contributed by atoms with Gasteiger partial charge in [0.1, 0.15) is 11.7 Å². The van der Waals surface area contributed by atoms with Gasteiger partial charge in [0.15, 0.2) is 11.5 Å². The molecule has 0 bridgehead atoms. The number of benzene rings is 1. The molecule has 0 saturated carbocycles. The van der Waals surface area contributed by atoms with Gasteiger partial charge in [-0.15, -0.1) is 4.91 Å². The summed E-state index contributed by atoms with van der Waals surface area (Å²) in [5.74, 6) is 1.04. The summed E-state index contributed by atoms with van der Waals surface area (Å²) in [5.41, 5.74) is 1.13. The molecule has 1 saturated heterocycles. The molecule has 1 aromatic carbocycles. The fourth-order valence-corrected chi connectivity index (χ4v) is 3.20. The zero-order chi connectivity index (χ0) is 23.1. The minimum atomic E-state index is -0.521. The topological polar surface area (TPSA) is 105 Å². The van der Waals surface area contributed by atoms with Crippen molar-refractivity contribution in [1.29, 1.82) is 0 Å². The third-order valence-corrected chi connectivity index (χ3v) is 4.48. The van der Waals surface area contributed by atoms with Crippen molar-refractivity contribution in [3.05, 3.63) is 40.9 Å². The Morgan fingerprint density at radius 2 is 1.84 bits per heavy atom. The van der Waals surface area contributed by atoms with Crippen LogP contribution in [0.4, 0.5) is 5.69 Å². The summed E-state index contributed by atoms with van der Waals surface area (Å²) in [5, 5.41) is 9.64. The number of aromatic nitrogens is 1. The van der Waals surface area contributed by atoms with Crippen molar-refractivity contribution in [3.63, 3.8) is 0 Å². The first-order valence-corrected chi connectivity index (χ1v) is 10.6. The van der Waals surface area contributed by atoms with E-state index < -0.39 is 6.04 Å². The van der Waals surface area contributed by atoms with Crippen LogP contribution in [0.25, 0.3) is 11.3 Å². The number of rotatable bonds is 5. The predicted octanol–water partition coefficient (Wildman–Crippen LogP) is 4.78. The Kier molecular flexibility index (Phi) is 8.47. The van der Waals surface area contributed by atoms with Gasteiger partial charge < -0.3 is 14.7 Å². The molecule has 3 rings (SSSR count). The van der Waals surface area contributed by atoms with Crippen molar-refractivity contribution in [1.82, 2.24) is 15.4 Å². The molecule has 1 aliphatic rings. The second kappa shape index (κ2) is 10.8. The number of nitroso groups, excluding NO2 is 1. The molecule has 31 heavy (non-hydrogen) atoms. The molecule has 168 valence electrons.